The van der Waals surface area contributed by atoms with Crippen LogP contribution >= 0.6 is 0 Å². The van der Waals surface area contributed by atoms with Gasteiger partial charge < -0.3 is 0 Å². The second-order valence-corrected chi connectivity index (χ2v) is 3.18. The number of nitrogen functional groups attached to an aromatic ring is 1. The second-order valence-electron chi connectivity index (χ2n) is 2.29. The lowest BCUT2D eigenvalue weighted by atomic mass is 10.2. The third-order valence-corrected chi connectivity index (χ3v) is 1.17. The molecule has 0 aromatic heterocycles. The molecule has 0 aliphatic rings. The Labute approximate surface area is 86.5 Å². The smallest absolute Gasteiger partial charge is 0.290 e. The van der Waals surface area contributed by atoms with Gasteiger partial charge in [0.2, 0.25) is 0 Å². The fourth-order valence-electron chi connectivity index (χ4n) is 0.673. The Morgan fingerprint density at radius 3 is 1.93 bits per heavy atom. The molecule has 0 aliphatic heterocycles. The number of carbonyl (C=O) groups is 1. The van der Waals surface area contributed by atoms with Crippen LogP contribution in [0, 0.1) is 0 Å². The third kappa shape index (κ3) is 8.84. The van der Waals surface area contributed by atoms with Gasteiger partial charge in [-0.1, -0.05) is 18.2 Å². The lowest BCUT2D eigenvalue weighted by molar-refractivity contribution is 0.0953. The highest BCUT2D eigenvalue weighted by atomic mass is 32.3. The number of benzene rings is 1. The maximum atomic E-state index is 10.8. The van der Waals surface area contributed by atoms with Gasteiger partial charge in [-0.05, 0) is 12.1 Å². The van der Waals surface area contributed by atoms with Crippen LogP contribution in [0.25, 0.3) is 0 Å². The van der Waals surface area contributed by atoms with Crippen LogP contribution in [-0.4, -0.2) is 23.4 Å². The summed E-state index contributed by atoms with van der Waals surface area (Å²) in [5, 5.41) is 0. The number of amides is 1. The molecule has 84 valence electrons. The molecule has 0 saturated heterocycles. The average Bonchev–Trinajstić information content (AvgIpc) is 2.15. The highest BCUT2D eigenvalue weighted by Crippen LogP contribution is 1.95. The Morgan fingerprint density at radius 1 is 1.20 bits per heavy atom. The van der Waals surface area contributed by atoms with Gasteiger partial charge in [-0.2, -0.15) is 8.42 Å². The molecule has 0 aliphatic carbocycles. The quantitative estimate of drug-likeness (QED) is 0.227. The molecule has 0 unspecified atom stereocenters. The molecule has 8 heteroatoms. The van der Waals surface area contributed by atoms with Crippen LogP contribution in [0.5, 0.6) is 0 Å². The molecular formula is C7H10N2O5S. The predicted molar refractivity (Wildman–Crippen MR) is 52.3 cm³/mol. The molecule has 0 saturated carbocycles. The van der Waals surface area contributed by atoms with Crippen LogP contribution in [0.1, 0.15) is 10.4 Å². The van der Waals surface area contributed by atoms with Crippen molar-refractivity contribution in [2.24, 2.45) is 5.84 Å². The standard InChI is InChI=1S/C7H8N2O.H2O4S/c8-9-7(10)6-4-2-1-3-5-6;1-5(2,3)4/h1-5H,8H2,(H,9,10);(H2,1,2,3,4). The number of hydrazine groups is 1. The van der Waals surface area contributed by atoms with Crippen LogP contribution in [0.2, 0.25) is 0 Å². The lowest BCUT2D eigenvalue weighted by Gasteiger charge is -1.95. The molecule has 0 atom stereocenters. The van der Waals surface area contributed by atoms with E-state index in [-0.39, 0.29) is 5.91 Å². The zero-order chi connectivity index (χ0) is 11.9. The molecule has 0 bridgehead atoms. The minimum absolute atomic E-state index is 0.263. The van der Waals surface area contributed by atoms with Gasteiger partial charge in [-0.25, -0.2) is 5.84 Å². The van der Waals surface area contributed by atoms with Crippen molar-refractivity contribution < 1.29 is 22.3 Å². The van der Waals surface area contributed by atoms with Gasteiger partial charge in [0.25, 0.3) is 5.91 Å². The fraction of sp³-hybridized carbons (Fsp3) is 0. The van der Waals surface area contributed by atoms with E-state index in [4.69, 9.17) is 23.4 Å². The minimum Gasteiger partial charge on any atom is -0.290 e. The van der Waals surface area contributed by atoms with Crippen LogP contribution in [0.3, 0.4) is 0 Å². The Balaban J connectivity index is 0.000000336. The number of carbonyl (C=O) groups excluding carboxylic acids is 1. The molecule has 0 heterocycles. The topological polar surface area (TPSA) is 130 Å². The van der Waals surface area contributed by atoms with E-state index >= 15 is 0 Å². The summed E-state index contributed by atoms with van der Waals surface area (Å²) in [5.74, 6) is 4.64. The summed E-state index contributed by atoms with van der Waals surface area (Å²) in [6.45, 7) is 0. The van der Waals surface area contributed by atoms with Crippen molar-refractivity contribution in [2.75, 3.05) is 0 Å². The molecular weight excluding hydrogens is 224 g/mol. The summed E-state index contributed by atoms with van der Waals surface area (Å²) in [6, 6.07) is 8.80. The first-order valence-electron chi connectivity index (χ1n) is 3.60. The summed E-state index contributed by atoms with van der Waals surface area (Å²) in [6.07, 6.45) is 0. The fourth-order valence-corrected chi connectivity index (χ4v) is 0.673. The molecule has 1 aromatic rings. The molecule has 7 nitrogen and oxygen atoms in total. The van der Waals surface area contributed by atoms with Crippen LogP contribution in [0.4, 0.5) is 0 Å². The first-order chi connectivity index (χ1) is 6.84. The van der Waals surface area contributed by atoms with Gasteiger partial charge in [-0.15, -0.1) is 0 Å². The van der Waals surface area contributed by atoms with Crippen molar-refractivity contribution in [1.29, 1.82) is 0 Å². The average molecular weight is 234 g/mol. The third-order valence-electron chi connectivity index (χ3n) is 1.17. The zero-order valence-corrected chi connectivity index (χ0v) is 8.31. The van der Waals surface area contributed by atoms with Crippen LogP contribution in [-0.2, 0) is 10.4 Å². The van der Waals surface area contributed by atoms with E-state index < -0.39 is 10.4 Å². The van der Waals surface area contributed by atoms with E-state index in [0.717, 1.165) is 0 Å². The Hall–Kier alpha value is -1.48. The number of hydrogen-bond acceptors (Lipinski definition) is 4. The summed E-state index contributed by atoms with van der Waals surface area (Å²) in [7, 11) is -4.67. The first-order valence-corrected chi connectivity index (χ1v) is 5.00. The van der Waals surface area contributed by atoms with Crippen molar-refractivity contribution >= 4 is 16.3 Å². The largest absolute Gasteiger partial charge is 0.394 e. The van der Waals surface area contributed by atoms with Crippen molar-refractivity contribution in [2.45, 2.75) is 0 Å². The van der Waals surface area contributed by atoms with Gasteiger partial charge in [0, 0.05) is 5.56 Å². The number of nitrogens with two attached hydrogens (primary N) is 1. The molecule has 0 spiro atoms. The van der Waals surface area contributed by atoms with Crippen LogP contribution in [0.15, 0.2) is 30.3 Å². The number of rotatable bonds is 1. The molecule has 1 aromatic carbocycles. The molecule has 0 radical (unpaired) electrons. The summed E-state index contributed by atoms with van der Waals surface area (Å²) < 4.78 is 31.6. The highest BCUT2D eigenvalue weighted by Gasteiger charge is 1.98. The maximum absolute atomic E-state index is 10.8. The summed E-state index contributed by atoms with van der Waals surface area (Å²) in [4.78, 5) is 10.8. The predicted octanol–water partition coefficient (Wildman–Crippen LogP) is -0.363. The molecule has 1 rings (SSSR count). The minimum atomic E-state index is -4.67. The van der Waals surface area contributed by atoms with Gasteiger partial charge in [0.05, 0.1) is 0 Å². The molecule has 1 amide bonds. The molecule has 15 heavy (non-hydrogen) atoms. The van der Waals surface area contributed by atoms with E-state index in [2.05, 4.69) is 0 Å². The molecule has 5 N–H and O–H groups in total. The van der Waals surface area contributed by atoms with E-state index in [1.165, 1.54) is 0 Å². The monoisotopic (exact) mass is 234 g/mol. The lowest BCUT2D eigenvalue weighted by Crippen LogP contribution is -2.29. The van der Waals surface area contributed by atoms with Crippen LogP contribution < -0.4 is 11.3 Å². The number of hydrogen-bond donors (Lipinski definition) is 4. The Kier molecular flexibility index (Phi) is 5.49. The zero-order valence-electron chi connectivity index (χ0n) is 7.49. The van der Waals surface area contributed by atoms with E-state index in [0.29, 0.717) is 5.56 Å². The van der Waals surface area contributed by atoms with Gasteiger partial charge in [0.15, 0.2) is 0 Å². The van der Waals surface area contributed by atoms with Gasteiger partial charge >= 0.3 is 10.4 Å². The normalized spacial score (nSPS) is 9.80. The van der Waals surface area contributed by atoms with Crippen molar-refractivity contribution in [3.63, 3.8) is 0 Å². The summed E-state index contributed by atoms with van der Waals surface area (Å²) in [5.41, 5.74) is 2.62. The second kappa shape index (κ2) is 6.09. The van der Waals surface area contributed by atoms with E-state index in [1.807, 2.05) is 11.5 Å². The van der Waals surface area contributed by atoms with E-state index in [1.54, 1.807) is 24.3 Å². The van der Waals surface area contributed by atoms with Gasteiger partial charge in [0.1, 0.15) is 0 Å². The maximum Gasteiger partial charge on any atom is 0.394 e. The molecule has 0 fully saturated rings. The number of nitrogens with one attached hydrogen (secondary N) is 1. The highest BCUT2D eigenvalue weighted by molar-refractivity contribution is 7.79. The first kappa shape index (κ1) is 13.5. The SMILES string of the molecule is NNC(=O)c1ccccc1.O=S(=O)(O)O. The van der Waals surface area contributed by atoms with Crippen molar-refractivity contribution in [1.82, 2.24) is 5.43 Å². The Bertz CT molecular complexity index is 395. The summed E-state index contributed by atoms with van der Waals surface area (Å²) >= 11 is 0. The van der Waals surface area contributed by atoms with Crippen molar-refractivity contribution in [3.8, 4) is 0 Å². The van der Waals surface area contributed by atoms with Crippen molar-refractivity contribution in [3.05, 3.63) is 35.9 Å². The Morgan fingerprint density at radius 2 is 1.60 bits per heavy atom. The van der Waals surface area contributed by atoms with Gasteiger partial charge in [-0.3, -0.25) is 19.3 Å². The van der Waals surface area contributed by atoms with E-state index in [9.17, 15) is 4.79 Å².